The number of fused-ring (bicyclic) bond motifs is 1. The van der Waals surface area contributed by atoms with Crippen LogP contribution in [0.4, 0.5) is 4.39 Å². The molecule has 0 aromatic heterocycles. The number of hydrogen-bond acceptors (Lipinski definition) is 2. The number of carboxylic acids is 1. The van der Waals surface area contributed by atoms with E-state index >= 15 is 0 Å². The molecular weight excluding hydrogens is 245 g/mol. The number of halogens is 1. The van der Waals surface area contributed by atoms with Gasteiger partial charge in [-0.1, -0.05) is 19.1 Å². The van der Waals surface area contributed by atoms with Gasteiger partial charge in [-0.2, -0.15) is 0 Å². The van der Waals surface area contributed by atoms with Crippen molar-refractivity contribution in [2.45, 2.75) is 25.8 Å². The third-order valence-corrected chi connectivity index (χ3v) is 4.58. The van der Waals surface area contributed by atoms with Crippen molar-refractivity contribution >= 4 is 5.97 Å². The zero-order chi connectivity index (χ0) is 13.6. The Kier molecular flexibility index (Phi) is 3.05. The Balaban J connectivity index is 1.84. The van der Waals surface area contributed by atoms with Crippen LogP contribution >= 0.6 is 0 Å². The van der Waals surface area contributed by atoms with E-state index in [9.17, 15) is 14.3 Å². The second-order valence-corrected chi connectivity index (χ2v) is 5.74. The van der Waals surface area contributed by atoms with Gasteiger partial charge in [0.05, 0.1) is 5.92 Å². The molecule has 0 radical (unpaired) electrons. The smallest absolute Gasteiger partial charge is 0.308 e. The Morgan fingerprint density at radius 3 is 2.89 bits per heavy atom. The van der Waals surface area contributed by atoms with Crippen LogP contribution in [0.15, 0.2) is 18.2 Å². The molecule has 3 atom stereocenters. The SMILES string of the molecule is CC1CN(C2CCc3c(F)cccc32)CC1C(=O)O. The van der Waals surface area contributed by atoms with Gasteiger partial charge in [-0.05, 0) is 36.0 Å². The van der Waals surface area contributed by atoms with Crippen molar-refractivity contribution in [2.24, 2.45) is 11.8 Å². The van der Waals surface area contributed by atoms with E-state index in [4.69, 9.17) is 0 Å². The monoisotopic (exact) mass is 263 g/mol. The van der Waals surface area contributed by atoms with Crippen LogP contribution in [0.2, 0.25) is 0 Å². The van der Waals surface area contributed by atoms with Gasteiger partial charge >= 0.3 is 5.97 Å². The first-order valence-corrected chi connectivity index (χ1v) is 6.82. The van der Waals surface area contributed by atoms with Gasteiger partial charge in [0, 0.05) is 19.1 Å². The van der Waals surface area contributed by atoms with E-state index in [0.29, 0.717) is 6.54 Å². The van der Waals surface area contributed by atoms with Crippen LogP contribution < -0.4 is 0 Å². The summed E-state index contributed by atoms with van der Waals surface area (Å²) in [6, 6.07) is 5.43. The predicted molar refractivity (Wildman–Crippen MR) is 69.3 cm³/mol. The van der Waals surface area contributed by atoms with Crippen LogP contribution in [-0.2, 0) is 11.2 Å². The van der Waals surface area contributed by atoms with Crippen LogP contribution in [0.3, 0.4) is 0 Å². The molecular formula is C15H18FNO2. The molecule has 0 spiro atoms. The molecule has 3 rings (SSSR count). The van der Waals surface area contributed by atoms with Crippen molar-refractivity contribution in [2.75, 3.05) is 13.1 Å². The maximum atomic E-state index is 13.7. The summed E-state index contributed by atoms with van der Waals surface area (Å²) in [7, 11) is 0. The van der Waals surface area contributed by atoms with Crippen LogP contribution in [0.25, 0.3) is 0 Å². The number of likely N-dealkylation sites (tertiary alicyclic amines) is 1. The molecule has 0 saturated carbocycles. The Hall–Kier alpha value is -1.42. The van der Waals surface area contributed by atoms with E-state index in [-0.39, 0.29) is 23.7 Å². The Bertz CT molecular complexity index is 517. The van der Waals surface area contributed by atoms with Crippen molar-refractivity contribution < 1.29 is 14.3 Å². The maximum Gasteiger partial charge on any atom is 0.308 e. The summed E-state index contributed by atoms with van der Waals surface area (Å²) in [4.78, 5) is 13.4. The molecule has 0 bridgehead atoms. The Morgan fingerprint density at radius 1 is 1.42 bits per heavy atom. The quantitative estimate of drug-likeness (QED) is 0.891. The van der Waals surface area contributed by atoms with Gasteiger partial charge < -0.3 is 5.11 Å². The van der Waals surface area contributed by atoms with Gasteiger partial charge in [0.25, 0.3) is 0 Å². The summed E-state index contributed by atoms with van der Waals surface area (Å²) in [6.45, 7) is 3.36. The fourth-order valence-electron chi connectivity index (χ4n) is 3.55. The molecule has 3 nitrogen and oxygen atoms in total. The molecule has 1 aliphatic heterocycles. The molecule has 1 fully saturated rings. The van der Waals surface area contributed by atoms with E-state index in [2.05, 4.69) is 4.90 Å². The number of rotatable bonds is 2. The average molecular weight is 263 g/mol. The topological polar surface area (TPSA) is 40.5 Å². The third-order valence-electron chi connectivity index (χ3n) is 4.58. The van der Waals surface area contributed by atoms with E-state index in [1.165, 1.54) is 6.07 Å². The van der Waals surface area contributed by atoms with Gasteiger partial charge in [-0.25, -0.2) is 4.39 Å². The van der Waals surface area contributed by atoms with Gasteiger partial charge in [0.15, 0.2) is 0 Å². The molecule has 102 valence electrons. The lowest BCUT2D eigenvalue weighted by Crippen LogP contribution is -2.26. The lowest BCUT2D eigenvalue weighted by molar-refractivity contribution is -0.142. The van der Waals surface area contributed by atoms with Gasteiger partial charge in [-0.15, -0.1) is 0 Å². The fourth-order valence-corrected chi connectivity index (χ4v) is 3.55. The first-order chi connectivity index (χ1) is 9.08. The third kappa shape index (κ3) is 2.04. The lowest BCUT2D eigenvalue weighted by Gasteiger charge is -2.24. The number of benzene rings is 1. The molecule has 19 heavy (non-hydrogen) atoms. The molecule has 1 aromatic rings. The van der Waals surface area contributed by atoms with Crippen molar-refractivity contribution in [3.63, 3.8) is 0 Å². The highest BCUT2D eigenvalue weighted by Gasteiger charge is 2.40. The van der Waals surface area contributed by atoms with Crippen LogP contribution in [0.1, 0.15) is 30.5 Å². The largest absolute Gasteiger partial charge is 0.481 e. The standard InChI is InChI=1S/C15H18FNO2/c1-9-7-17(8-12(9)15(18)19)14-6-5-10-11(14)3-2-4-13(10)16/h2-4,9,12,14H,5-8H2,1H3,(H,18,19). The maximum absolute atomic E-state index is 13.7. The highest BCUT2D eigenvalue weighted by molar-refractivity contribution is 5.71. The minimum absolute atomic E-state index is 0.123. The minimum Gasteiger partial charge on any atom is -0.481 e. The first-order valence-electron chi connectivity index (χ1n) is 6.82. The average Bonchev–Trinajstić information content (AvgIpc) is 2.93. The summed E-state index contributed by atoms with van der Waals surface area (Å²) in [5, 5.41) is 9.20. The Labute approximate surface area is 112 Å². The second-order valence-electron chi connectivity index (χ2n) is 5.74. The van der Waals surface area contributed by atoms with Crippen molar-refractivity contribution in [3.05, 3.63) is 35.1 Å². The van der Waals surface area contributed by atoms with Gasteiger partial charge in [0.1, 0.15) is 5.82 Å². The molecule has 0 amide bonds. The summed E-state index contributed by atoms with van der Waals surface area (Å²) in [5.41, 5.74) is 1.87. The highest BCUT2D eigenvalue weighted by atomic mass is 19.1. The summed E-state index contributed by atoms with van der Waals surface area (Å²) in [6.07, 6.45) is 1.66. The number of nitrogens with zero attached hydrogens (tertiary/aromatic N) is 1. The number of hydrogen-bond donors (Lipinski definition) is 1. The summed E-state index contributed by atoms with van der Waals surface area (Å²) < 4.78 is 13.7. The lowest BCUT2D eigenvalue weighted by atomic mass is 9.99. The van der Waals surface area contributed by atoms with Crippen LogP contribution in [-0.4, -0.2) is 29.1 Å². The number of aliphatic carboxylic acids is 1. The fraction of sp³-hybridized carbons (Fsp3) is 0.533. The number of carbonyl (C=O) groups is 1. The normalized spacial score (nSPS) is 30.5. The number of carboxylic acid groups (broad SMARTS) is 1. The summed E-state index contributed by atoms with van der Waals surface area (Å²) in [5.74, 6) is -0.970. The molecule has 3 unspecified atom stereocenters. The molecule has 4 heteroatoms. The van der Waals surface area contributed by atoms with E-state index in [0.717, 1.165) is 30.5 Å². The van der Waals surface area contributed by atoms with E-state index < -0.39 is 5.97 Å². The highest BCUT2D eigenvalue weighted by Crippen LogP contribution is 2.40. The van der Waals surface area contributed by atoms with E-state index in [1.807, 2.05) is 13.0 Å². The van der Waals surface area contributed by atoms with Crippen LogP contribution in [0, 0.1) is 17.7 Å². The van der Waals surface area contributed by atoms with Crippen LogP contribution in [0.5, 0.6) is 0 Å². The second kappa shape index (κ2) is 4.60. The molecule has 1 N–H and O–H groups in total. The summed E-state index contributed by atoms with van der Waals surface area (Å²) >= 11 is 0. The van der Waals surface area contributed by atoms with E-state index in [1.54, 1.807) is 6.07 Å². The van der Waals surface area contributed by atoms with Crippen molar-refractivity contribution in [1.82, 2.24) is 4.90 Å². The first kappa shape index (κ1) is 12.6. The van der Waals surface area contributed by atoms with Crippen molar-refractivity contribution in [1.29, 1.82) is 0 Å². The zero-order valence-electron chi connectivity index (χ0n) is 11.0. The minimum atomic E-state index is -0.715. The molecule has 2 aliphatic rings. The molecule has 1 heterocycles. The Morgan fingerprint density at radius 2 is 2.21 bits per heavy atom. The molecule has 1 saturated heterocycles. The predicted octanol–water partition coefficient (Wildman–Crippen LogP) is 2.47. The molecule has 1 aromatic carbocycles. The zero-order valence-corrected chi connectivity index (χ0v) is 11.0. The van der Waals surface area contributed by atoms with Gasteiger partial charge in [0.2, 0.25) is 0 Å². The van der Waals surface area contributed by atoms with Crippen molar-refractivity contribution in [3.8, 4) is 0 Å². The molecule has 1 aliphatic carbocycles. The van der Waals surface area contributed by atoms with Gasteiger partial charge in [-0.3, -0.25) is 9.69 Å².